The lowest BCUT2D eigenvalue weighted by Gasteiger charge is -2.47. The van der Waals surface area contributed by atoms with Gasteiger partial charge < -0.3 is 23.7 Å². The summed E-state index contributed by atoms with van der Waals surface area (Å²) in [6.45, 7) is 0.0680. The Morgan fingerprint density at radius 3 is 1.49 bits per heavy atom. The summed E-state index contributed by atoms with van der Waals surface area (Å²) in [5.41, 5.74) is 3.43. The van der Waals surface area contributed by atoms with Gasteiger partial charge in [0.25, 0.3) is 20.2 Å². The van der Waals surface area contributed by atoms with Crippen LogP contribution in [0.15, 0.2) is 121 Å². The average molecular weight is 741 g/mol. The minimum atomic E-state index is -4.14. The van der Waals surface area contributed by atoms with Crippen molar-refractivity contribution < 1.29 is 48.9 Å². The highest BCUT2D eigenvalue weighted by atomic mass is 32.2. The second-order valence-electron chi connectivity index (χ2n) is 12.3. The molecule has 0 saturated carbocycles. The molecule has 4 aromatic rings. The lowest BCUT2D eigenvalue weighted by molar-refractivity contribution is -0.276. The van der Waals surface area contributed by atoms with Gasteiger partial charge >= 0.3 is 0 Å². The Morgan fingerprint density at radius 1 is 0.569 bits per heavy atom. The van der Waals surface area contributed by atoms with Gasteiger partial charge in [-0.15, -0.1) is 0 Å². The number of ether oxygens (including phenoxy) is 5. The summed E-state index contributed by atoms with van der Waals surface area (Å²) in [7, 11) is -8.08. The molecule has 1 saturated heterocycles. The number of hydrogen-bond acceptors (Lipinski definition) is 11. The van der Waals surface area contributed by atoms with Crippen LogP contribution in [0.4, 0.5) is 0 Å². The normalized spacial score (nSPS) is 21.6. The smallest absolute Gasteiger partial charge is 0.264 e. The molecule has 5 rings (SSSR count). The van der Waals surface area contributed by atoms with Crippen LogP contribution in [0, 0.1) is 0 Å². The molecule has 11 nitrogen and oxygen atoms in total. The van der Waals surface area contributed by atoms with E-state index >= 15 is 0 Å². The monoisotopic (exact) mass is 740 g/mol. The molecule has 1 heterocycles. The first-order valence-electron chi connectivity index (χ1n) is 16.5. The molecule has 0 bridgehead atoms. The van der Waals surface area contributed by atoms with Crippen LogP contribution in [-0.2, 0) is 78.7 Å². The van der Waals surface area contributed by atoms with E-state index in [1.165, 1.54) is 0 Å². The second-order valence-corrected chi connectivity index (χ2v) is 15.5. The molecule has 0 unspecified atom stereocenters. The van der Waals surface area contributed by atoms with E-state index < -0.39 is 63.5 Å². The van der Waals surface area contributed by atoms with E-state index in [1.807, 2.05) is 121 Å². The topological polar surface area (TPSA) is 133 Å². The van der Waals surface area contributed by atoms with Crippen LogP contribution in [0.3, 0.4) is 0 Å². The van der Waals surface area contributed by atoms with Crippen LogP contribution in [-0.4, -0.2) is 79.2 Å². The first-order chi connectivity index (χ1) is 24.5. The lowest BCUT2D eigenvalue weighted by atomic mass is 9.91. The van der Waals surface area contributed by atoms with Crippen molar-refractivity contribution in [2.75, 3.05) is 25.7 Å². The number of benzene rings is 4. The fourth-order valence-electron chi connectivity index (χ4n) is 5.69. The Kier molecular flexibility index (Phi) is 14.3. The second kappa shape index (κ2) is 18.8. The molecular weight excluding hydrogens is 697 g/mol. The van der Waals surface area contributed by atoms with Crippen molar-refractivity contribution in [3.8, 4) is 0 Å². The fourth-order valence-corrected chi connectivity index (χ4v) is 6.69. The highest BCUT2D eigenvalue weighted by Gasteiger charge is 2.52. The van der Waals surface area contributed by atoms with Crippen LogP contribution >= 0.6 is 0 Å². The van der Waals surface area contributed by atoms with Crippen molar-refractivity contribution in [3.05, 3.63) is 144 Å². The molecule has 0 spiro atoms. The minimum Gasteiger partial charge on any atom is -0.374 e. The molecule has 51 heavy (non-hydrogen) atoms. The first-order valence-corrected chi connectivity index (χ1v) is 20.1. The predicted octanol–water partition coefficient (Wildman–Crippen LogP) is 5.05. The summed E-state index contributed by atoms with van der Waals surface area (Å²) in [5, 5.41) is 0. The molecule has 0 aliphatic carbocycles. The third-order valence-electron chi connectivity index (χ3n) is 8.04. The summed E-state index contributed by atoms with van der Waals surface area (Å²) in [5.74, 6) is 0. The third-order valence-corrected chi connectivity index (χ3v) is 9.18. The number of hydrogen-bond donors (Lipinski definition) is 0. The lowest BCUT2D eigenvalue weighted by Crippen LogP contribution is -2.65. The average Bonchev–Trinajstić information content (AvgIpc) is 3.12. The van der Waals surface area contributed by atoms with Crippen LogP contribution in [0.5, 0.6) is 0 Å². The molecule has 0 radical (unpaired) electrons. The van der Waals surface area contributed by atoms with E-state index in [9.17, 15) is 16.8 Å². The summed E-state index contributed by atoms with van der Waals surface area (Å²) >= 11 is 0. The third kappa shape index (κ3) is 12.9. The largest absolute Gasteiger partial charge is 0.374 e. The van der Waals surface area contributed by atoms with E-state index in [4.69, 9.17) is 32.1 Å². The maximum atomic E-state index is 12.9. The number of rotatable bonds is 19. The standard InChI is InChI=1S/C38H44O11S2/c1-50(39,40)47-28-33(44-24-30-17-9-4-10-18-30)36-38(49-51(2,41)42)37(46-26-32-21-13-6-14-22-32)35(45-25-31-19-11-5-12-20-31)34(48-36)27-43-23-29-15-7-3-8-16-29/h3-22,33-38H,23-28H2,1-2H3/t33-,34-,35+,36+,37+,38+/m1/s1. The molecule has 6 atom stereocenters. The molecule has 0 amide bonds. The Morgan fingerprint density at radius 2 is 1.02 bits per heavy atom. The zero-order valence-corrected chi connectivity index (χ0v) is 30.2. The quantitative estimate of drug-likeness (QED) is 0.120. The predicted molar refractivity (Wildman–Crippen MR) is 190 cm³/mol. The first kappa shape index (κ1) is 38.7. The van der Waals surface area contributed by atoms with Crippen LogP contribution < -0.4 is 0 Å². The van der Waals surface area contributed by atoms with Crippen molar-refractivity contribution in [2.45, 2.75) is 63.1 Å². The SMILES string of the molecule is CS(=O)(=O)OC[C@@H](OCc1ccccc1)[C@@H]1O[C@H](COCc2ccccc2)[C@H](OCc2ccccc2)[C@H](OCc2ccccc2)[C@H]1OS(C)(=O)=O. The van der Waals surface area contributed by atoms with Crippen LogP contribution in [0.1, 0.15) is 22.3 Å². The van der Waals surface area contributed by atoms with E-state index in [-0.39, 0.29) is 33.0 Å². The van der Waals surface area contributed by atoms with Gasteiger partial charge in [-0.05, 0) is 22.3 Å². The van der Waals surface area contributed by atoms with Gasteiger partial charge in [-0.3, -0.25) is 8.37 Å². The van der Waals surface area contributed by atoms with Gasteiger partial charge in [0.2, 0.25) is 0 Å². The van der Waals surface area contributed by atoms with Crippen LogP contribution in [0.2, 0.25) is 0 Å². The summed E-state index contributed by atoms with van der Waals surface area (Å²) in [6.07, 6.45) is -4.66. The van der Waals surface area contributed by atoms with E-state index in [0.29, 0.717) is 0 Å². The van der Waals surface area contributed by atoms with Gasteiger partial charge in [0.1, 0.15) is 36.6 Å². The van der Waals surface area contributed by atoms with Gasteiger partial charge in [0.05, 0.1) is 52.2 Å². The molecule has 4 aromatic carbocycles. The van der Waals surface area contributed by atoms with Gasteiger partial charge in [0, 0.05) is 0 Å². The molecular formula is C38H44O11S2. The highest BCUT2D eigenvalue weighted by molar-refractivity contribution is 7.86. The van der Waals surface area contributed by atoms with Gasteiger partial charge in [-0.25, -0.2) is 0 Å². The minimum absolute atomic E-state index is 0.0139. The highest BCUT2D eigenvalue weighted by Crippen LogP contribution is 2.34. The molecule has 1 aliphatic heterocycles. The molecule has 13 heteroatoms. The van der Waals surface area contributed by atoms with Crippen molar-refractivity contribution in [3.63, 3.8) is 0 Å². The molecule has 1 aliphatic rings. The Balaban J connectivity index is 1.53. The van der Waals surface area contributed by atoms with Crippen LogP contribution in [0.25, 0.3) is 0 Å². The Labute approximate surface area is 300 Å². The fraction of sp³-hybridized carbons (Fsp3) is 0.368. The summed E-state index contributed by atoms with van der Waals surface area (Å²) in [4.78, 5) is 0. The van der Waals surface area contributed by atoms with E-state index in [2.05, 4.69) is 0 Å². The van der Waals surface area contributed by atoms with E-state index in [0.717, 1.165) is 34.8 Å². The van der Waals surface area contributed by atoms with Gasteiger partial charge in [-0.2, -0.15) is 16.8 Å². The summed E-state index contributed by atoms with van der Waals surface area (Å²) in [6, 6.07) is 37.7. The zero-order valence-electron chi connectivity index (χ0n) is 28.6. The molecule has 0 aromatic heterocycles. The van der Waals surface area contributed by atoms with Gasteiger partial charge in [0.15, 0.2) is 0 Å². The molecule has 274 valence electrons. The molecule has 0 N–H and O–H groups in total. The molecule has 1 fully saturated rings. The maximum Gasteiger partial charge on any atom is 0.264 e. The van der Waals surface area contributed by atoms with E-state index in [1.54, 1.807) is 0 Å². The van der Waals surface area contributed by atoms with Crippen molar-refractivity contribution in [2.24, 2.45) is 0 Å². The maximum absolute atomic E-state index is 12.9. The Hall–Kier alpha value is -3.50. The van der Waals surface area contributed by atoms with Crippen molar-refractivity contribution >= 4 is 20.2 Å². The van der Waals surface area contributed by atoms with Crippen molar-refractivity contribution in [1.82, 2.24) is 0 Å². The Bertz CT molecular complexity index is 1810. The zero-order chi connectivity index (χ0) is 36.1. The van der Waals surface area contributed by atoms with Gasteiger partial charge in [-0.1, -0.05) is 121 Å². The summed E-state index contributed by atoms with van der Waals surface area (Å²) < 4.78 is 93.5. The van der Waals surface area contributed by atoms with Crippen molar-refractivity contribution in [1.29, 1.82) is 0 Å².